The predicted molar refractivity (Wildman–Crippen MR) is 86.7 cm³/mol. The van der Waals surface area contributed by atoms with E-state index in [1.165, 1.54) is 5.56 Å². The van der Waals surface area contributed by atoms with Crippen LogP contribution < -0.4 is 10.2 Å². The van der Waals surface area contributed by atoms with Crippen LogP contribution in [0, 0.1) is 0 Å². The van der Waals surface area contributed by atoms with Crippen LogP contribution in [0.4, 0.5) is 5.69 Å². The molecule has 21 heavy (non-hydrogen) atoms. The number of hydrogen-bond acceptors (Lipinski definition) is 3. The summed E-state index contributed by atoms with van der Waals surface area (Å²) in [6.07, 6.45) is 5.05. The molecule has 5 heteroatoms. The number of fused-ring (bicyclic) bond motifs is 1. The minimum Gasteiger partial charge on any atom is -0.361 e. The van der Waals surface area contributed by atoms with Gasteiger partial charge in [-0.3, -0.25) is 0 Å². The molecule has 0 atom stereocenters. The van der Waals surface area contributed by atoms with Gasteiger partial charge in [-0.1, -0.05) is 30.7 Å². The summed E-state index contributed by atoms with van der Waals surface area (Å²) in [5.41, 5.74) is 2.41. The van der Waals surface area contributed by atoms with Crippen LogP contribution in [-0.2, 0) is 19.6 Å². The highest BCUT2D eigenvalue weighted by atomic mass is 35.5. The van der Waals surface area contributed by atoms with E-state index < -0.39 is 0 Å². The fourth-order valence-corrected chi connectivity index (χ4v) is 3.13. The van der Waals surface area contributed by atoms with Crippen LogP contribution in [0.1, 0.15) is 24.7 Å². The Morgan fingerprint density at radius 2 is 2.24 bits per heavy atom. The third kappa shape index (κ3) is 3.06. The van der Waals surface area contributed by atoms with Crippen molar-refractivity contribution in [3.05, 3.63) is 47.0 Å². The molecule has 0 radical (unpaired) electrons. The maximum Gasteiger partial charge on any atom is 0.128 e. The summed E-state index contributed by atoms with van der Waals surface area (Å²) < 4.78 is 2.21. The Balaban J connectivity index is 1.84. The van der Waals surface area contributed by atoms with Gasteiger partial charge in [0.2, 0.25) is 0 Å². The number of aromatic nitrogens is 2. The molecule has 0 fully saturated rings. The summed E-state index contributed by atoms with van der Waals surface area (Å²) in [5, 5.41) is 4.29. The number of hydrogen-bond donors (Lipinski definition) is 1. The molecule has 2 heterocycles. The van der Waals surface area contributed by atoms with E-state index in [0.717, 1.165) is 55.7 Å². The molecule has 0 amide bonds. The average molecular weight is 305 g/mol. The van der Waals surface area contributed by atoms with Crippen LogP contribution in [0.5, 0.6) is 0 Å². The Kier molecular flexibility index (Phi) is 4.46. The second-order valence-corrected chi connectivity index (χ2v) is 5.79. The van der Waals surface area contributed by atoms with Gasteiger partial charge in [0, 0.05) is 32.0 Å². The van der Waals surface area contributed by atoms with Crippen molar-refractivity contribution in [2.45, 2.75) is 33.0 Å². The van der Waals surface area contributed by atoms with Gasteiger partial charge in [0.15, 0.2) is 0 Å². The maximum atomic E-state index is 6.48. The molecule has 0 bridgehead atoms. The summed E-state index contributed by atoms with van der Waals surface area (Å²) in [4.78, 5) is 6.77. The lowest BCUT2D eigenvalue weighted by molar-refractivity contribution is 0.557. The van der Waals surface area contributed by atoms with Gasteiger partial charge in [-0.2, -0.15) is 0 Å². The molecule has 112 valence electrons. The van der Waals surface area contributed by atoms with Crippen molar-refractivity contribution < 1.29 is 0 Å². The Morgan fingerprint density at radius 3 is 3.10 bits per heavy atom. The molecule has 0 unspecified atom stereocenters. The lowest BCUT2D eigenvalue weighted by Crippen LogP contribution is -2.34. The molecule has 0 saturated carbocycles. The summed E-state index contributed by atoms with van der Waals surface area (Å²) in [6.45, 7) is 6.80. The number of rotatable bonds is 5. The Morgan fingerprint density at radius 1 is 1.33 bits per heavy atom. The Bertz CT molecular complexity index is 608. The standard InChI is InChI=1S/C16H21ClN4/c1-2-6-18-11-13-4-3-5-14(17)16(13)21-10-9-20-8-7-19-15(20)12-21/h3-5,7-8,18H,2,6,9-12H2,1H3. The van der Waals surface area contributed by atoms with Crippen LogP contribution in [-0.4, -0.2) is 22.6 Å². The zero-order valence-corrected chi connectivity index (χ0v) is 13.1. The molecule has 0 aliphatic carbocycles. The smallest absolute Gasteiger partial charge is 0.128 e. The summed E-state index contributed by atoms with van der Waals surface area (Å²) in [5.74, 6) is 1.11. The first-order valence-electron chi connectivity index (χ1n) is 7.52. The van der Waals surface area contributed by atoms with Crippen LogP contribution in [0.2, 0.25) is 5.02 Å². The van der Waals surface area contributed by atoms with Gasteiger partial charge in [-0.25, -0.2) is 4.98 Å². The lowest BCUT2D eigenvalue weighted by Gasteiger charge is -2.32. The van der Waals surface area contributed by atoms with E-state index >= 15 is 0 Å². The number of anilines is 1. The summed E-state index contributed by atoms with van der Waals surface area (Å²) in [6, 6.07) is 6.16. The van der Waals surface area contributed by atoms with Crippen LogP contribution in [0.15, 0.2) is 30.6 Å². The highest BCUT2D eigenvalue weighted by Gasteiger charge is 2.21. The molecular formula is C16H21ClN4. The topological polar surface area (TPSA) is 33.1 Å². The van der Waals surface area contributed by atoms with E-state index in [0.29, 0.717) is 0 Å². The summed E-state index contributed by atoms with van der Waals surface area (Å²) in [7, 11) is 0. The molecule has 1 aromatic carbocycles. The van der Waals surface area contributed by atoms with Gasteiger partial charge in [0.1, 0.15) is 5.82 Å². The van der Waals surface area contributed by atoms with Gasteiger partial charge in [0.25, 0.3) is 0 Å². The van der Waals surface area contributed by atoms with Gasteiger partial charge < -0.3 is 14.8 Å². The van der Waals surface area contributed by atoms with E-state index in [9.17, 15) is 0 Å². The fraction of sp³-hybridized carbons (Fsp3) is 0.438. The third-order valence-electron chi connectivity index (χ3n) is 3.87. The van der Waals surface area contributed by atoms with Gasteiger partial charge in [0.05, 0.1) is 17.3 Å². The molecule has 4 nitrogen and oxygen atoms in total. The minimum absolute atomic E-state index is 0.817. The number of halogens is 1. The van der Waals surface area contributed by atoms with Crippen LogP contribution in [0.25, 0.3) is 0 Å². The van der Waals surface area contributed by atoms with E-state index in [4.69, 9.17) is 11.6 Å². The largest absolute Gasteiger partial charge is 0.361 e. The zero-order chi connectivity index (χ0) is 14.7. The SMILES string of the molecule is CCCNCc1cccc(Cl)c1N1CCn2ccnc2C1. The quantitative estimate of drug-likeness (QED) is 0.862. The highest BCUT2D eigenvalue weighted by Crippen LogP contribution is 2.32. The maximum absolute atomic E-state index is 6.48. The van der Waals surface area contributed by atoms with Crippen molar-refractivity contribution in [1.82, 2.24) is 14.9 Å². The second-order valence-electron chi connectivity index (χ2n) is 5.38. The van der Waals surface area contributed by atoms with Gasteiger partial charge >= 0.3 is 0 Å². The van der Waals surface area contributed by atoms with Crippen LogP contribution in [0.3, 0.4) is 0 Å². The predicted octanol–water partition coefficient (Wildman–Crippen LogP) is 3.06. The molecule has 1 aromatic heterocycles. The van der Waals surface area contributed by atoms with E-state index in [2.05, 4.69) is 32.8 Å². The fourth-order valence-electron chi connectivity index (χ4n) is 2.82. The number of para-hydroxylation sites is 1. The molecule has 3 rings (SSSR count). The second kappa shape index (κ2) is 6.50. The summed E-state index contributed by atoms with van der Waals surface area (Å²) >= 11 is 6.48. The van der Waals surface area contributed by atoms with Crippen molar-refractivity contribution in [3.8, 4) is 0 Å². The highest BCUT2D eigenvalue weighted by molar-refractivity contribution is 6.33. The molecule has 1 aliphatic heterocycles. The van der Waals surface area contributed by atoms with Gasteiger partial charge in [-0.15, -0.1) is 0 Å². The molecule has 0 saturated heterocycles. The van der Waals surface area contributed by atoms with Crippen molar-refractivity contribution >= 4 is 17.3 Å². The number of benzene rings is 1. The number of nitrogens with zero attached hydrogens (tertiary/aromatic N) is 3. The minimum atomic E-state index is 0.817. The van der Waals surface area contributed by atoms with Gasteiger partial charge in [-0.05, 0) is 24.6 Å². The van der Waals surface area contributed by atoms with E-state index in [-0.39, 0.29) is 0 Å². The van der Waals surface area contributed by atoms with Crippen molar-refractivity contribution in [3.63, 3.8) is 0 Å². The van der Waals surface area contributed by atoms with Crippen molar-refractivity contribution in [1.29, 1.82) is 0 Å². The molecular weight excluding hydrogens is 284 g/mol. The third-order valence-corrected chi connectivity index (χ3v) is 4.18. The number of imidazole rings is 1. The van der Waals surface area contributed by atoms with Crippen molar-refractivity contribution in [2.75, 3.05) is 18.0 Å². The molecule has 1 aliphatic rings. The monoisotopic (exact) mass is 304 g/mol. The van der Waals surface area contributed by atoms with E-state index in [1.54, 1.807) is 0 Å². The van der Waals surface area contributed by atoms with Crippen LogP contribution >= 0.6 is 11.6 Å². The zero-order valence-electron chi connectivity index (χ0n) is 12.3. The average Bonchev–Trinajstić information content (AvgIpc) is 2.95. The number of nitrogens with one attached hydrogen (secondary N) is 1. The first-order chi connectivity index (χ1) is 10.3. The first-order valence-corrected chi connectivity index (χ1v) is 7.90. The van der Waals surface area contributed by atoms with Crippen molar-refractivity contribution in [2.24, 2.45) is 0 Å². The molecule has 0 spiro atoms. The van der Waals surface area contributed by atoms with E-state index in [1.807, 2.05) is 24.5 Å². The first kappa shape index (κ1) is 14.4. The lowest BCUT2D eigenvalue weighted by atomic mass is 10.1. The Hall–Kier alpha value is -1.52. The molecule has 2 aromatic rings. The molecule has 1 N–H and O–H groups in total. The normalized spacial score (nSPS) is 14.3. The Labute approximate surface area is 130 Å².